The van der Waals surface area contributed by atoms with Gasteiger partial charge in [0.2, 0.25) is 11.8 Å². The number of rotatable bonds is 4. The van der Waals surface area contributed by atoms with Gasteiger partial charge in [-0.3, -0.25) is 9.59 Å². The second-order valence-electron chi connectivity index (χ2n) is 5.87. The van der Waals surface area contributed by atoms with Crippen molar-refractivity contribution in [3.8, 4) is 0 Å². The minimum atomic E-state index is -0.436. The molecule has 2 aromatic carbocycles. The zero-order valence-electron chi connectivity index (χ0n) is 13.5. The summed E-state index contributed by atoms with van der Waals surface area (Å²) in [5.41, 5.74) is 2.59. The molecule has 1 heterocycles. The predicted molar refractivity (Wildman–Crippen MR) is 95.0 cm³/mol. The highest BCUT2D eigenvalue weighted by atomic mass is 35.5. The minimum Gasteiger partial charge on any atom is -0.338 e. The number of nitrogens with zero attached hydrogens (tertiary/aromatic N) is 1. The summed E-state index contributed by atoms with van der Waals surface area (Å²) in [5, 5.41) is 3.48. The van der Waals surface area contributed by atoms with Crippen molar-refractivity contribution < 1.29 is 9.59 Å². The van der Waals surface area contributed by atoms with Crippen molar-refractivity contribution in [2.75, 3.05) is 11.9 Å². The van der Waals surface area contributed by atoms with Gasteiger partial charge in [-0.2, -0.15) is 0 Å². The molecule has 2 amide bonds. The maximum Gasteiger partial charge on any atom is 0.231 e. The first-order valence-corrected chi connectivity index (χ1v) is 8.38. The average Bonchev–Trinajstić information content (AvgIpc) is 2.58. The lowest BCUT2D eigenvalue weighted by atomic mass is 9.89. The average molecular weight is 343 g/mol. The van der Waals surface area contributed by atoms with Gasteiger partial charge in [-0.1, -0.05) is 41.9 Å². The van der Waals surface area contributed by atoms with E-state index in [1.165, 1.54) is 0 Å². The largest absolute Gasteiger partial charge is 0.338 e. The standard InChI is InChI=1S/C19H19ClN2O2/c1-2-22(12-13-6-5-7-14(20)10-13)19(24)16-11-18(23)21-17-9-4-3-8-15(16)17/h3-10,16H,2,11-12H2,1H3,(H,21,23). The van der Waals surface area contributed by atoms with Crippen LogP contribution in [0, 0.1) is 0 Å². The first kappa shape index (κ1) is 16.5. The highest BCUT2D eigenvalue weighted by Crippen LogP contribution is 2.33. The van der Waals surface area contributed by atoms with Crippen LogP contribution < -0.4 is 5.32 Å². The van der Waals surface area contributed by atoms with Crippen LogP contribution in [0.15, 0.2) is 48.5 Å². The van der Waals surface area contributed by atoms with Crippen LogP contribution in [-0.4, -0.2) is 23.3 Å². The number of halogens is 1. The molecule has 4 nitrogen and oxygen atoms in total. The fraction of sp³-hybridized carbons (Fsp3) is 0.263. The molecule has 3 rings (SSSR count). The molecule has 24 heavy (non-hydrogen) atoms. The molecular formula is C19H19ClN2O2. The molecule has 5 heteroatoms. The van der Waals surface area contributed by atoms with Crippen molar-refractivity contribution in [3.63, 3.8) is 0 Å². The van der Waals surface area contributed by atoms with Gasteiger partial charge in [0, 0.05) is 30.2 Å². The number of fused-ring (bicyclic) bond motifs is 1. The Bertz CT molecular complexity index is 775. The van der Waals surface area contributed by atoms with Gasteiger partial charge in [0.1, 0.15) is 0 Å². The SMILES string of the molecule is CCN(Cc1cccc(Cl)c1)C(=O)C1CC(=O)Nc2ccccc21. The van der Waals surface area contributed by atoms with Crippen molar-refractivity contribution in [2.45, 2.75) is 25.8 Å². The summed E-state index contributed by atoms with van der Waals surface area (Å²) in [6, 6.07) is 15.0. The van der Waals surface area contributed by atoms with Crippen LogP contribution >= 0.6 is 11.6 Å². The quantitative estimate of drug-likeness (QED) is 0.918. The maximum absolute atomic E-state index is 13.0. The molecule has 0 aliphatic carbocycles. The van der Waals surface area contributed by atoms with Crippen LogP contribution in [0.1, 0.15) is 30.4 Å². The summed E-state index contributed by atoms with van der Waals surface area (Å²) in [6.45, 7) is 3.00. The first-order valence-electron chi connectivity index (χ1n) is 8.00. The Kier molecular flexibility index (Phi) is 4.86. The molecule has 0 fully saturated rings. The Morgan fingerprint density at radius 3 is 2.79 bits per heavy atom. The molecule has 0 aromatic heterocycles. The van der Waals surface area contributed by atoms with E-state index in [0.29, 0.717) is 18.1 Å². The van der Waals surface area contributed by atoms with Gasteiger partial charge in [-0.25, -0.2) is 0 Å². The fourth-order valence-corrected chi connectivity index (χ4v) is 3.27. The molecule has 0 saturated carbocycles. The van der Waals surface area contributed by atoms with E-state index >= 15 is 0 Å². The van der Waals surface area contributed by atoms with Crippen LogP contribution in [0.5, 0.6) is 0 Å². The molecule has 1 aliphatic rings. The van der Waals surface area contributed by atoms with Gasteiger partial charge in [-0.05, 0) is 36.2 Å². The van der Waals surface area contributed by atoms with Crippen LogP contribution in [-0.2, 0) is 16.1 Å². The number of hydrogen-bond donors (Lipinski definition) is 1. The Morgan fingerprint density at radius 2 is 2.04 bits per heavy atom. The van der Waals surface area contributed by atoms with E-state index in [1.54, 1.807) is 4.90 Å². The van der Waals surface area contributed by atoms with E-state index in [-0.39, 0.29) is 18.2 Å². The number of carbonyl (C=O) groups is 2. The van der Waals surface area contributed by atoms with E-state index in [4.69, 9.17) is 11.6 Å². The molecule has 0 bridgehead atoms. The second-order valence-corrected chi connectivity index (χ2v) is 6.31. The summed E-state index contributed by atoms with van der Waals surface area (Å²) in [6.07, 6.45) is 0.182. The fourth-order valence-electron chi connectivity index (χ4n) is 3.05. The monoisotopic (exact) mass is 342 g/mol. The third kappa shape index (κ3) is 3.44. The summed E-state index contributed by atoms with van der Waals surface area (Å²) >= 11 is 6.03. The molecule has 0 saturated heterocycles. The second kappa shape index (κ2) is 7.05. The van der Waals surface area contributed by atoms with Gasteiger partial charge in [-0.15, -0.1) is 0 Å². The van der Waals surface area contributed by atoms with Crippen molar-refractivity contribution in [3.05, 3.63) is 64.7 Å². The first-order chi connectivity index (χ1) is 11.6. The topological polar surface area (TPSA) is 49.4 Å². The molecule has 124 valence electrons. The molecule has 0 radical (unpaired) electrons. The lowest BCUT2D eigenvalue weighted by Gasteiger charge is -2.30. The molecule has 1 aliphatic heterocycles. The number of amides is 2. The van der Waals surface area contributed by atoms with Gasteiger partial charge in [0.05, 0.1) is 5.92 Å². The molecular weight excluding hydrogens is 324 g/mol. The number of hydrogen-bond acceptors (Lipinski definition) is 2. The summed E-state index contributed by atoms with van der Waals surface area (Å²) in [5.74, 6) is -0.584. The van der Waals surface area contributed by atoms with Gasteiger partial charge in [0.15, 0.2) is 0 Å². The van der Waals surface area contributed by atoms with Crippen molar-refractivity contribution in [1.82, 2.24) is 4.90 Å². The Morgan fingerprint density at radius 1 is 1.25 bits per heavy atom. The summed E-state index contributed by atoms with van der Waals surface area (Å²) < 4.78 is 0. The summed E-state index contributed by atoms with van der Waals surface area (Å²) in [7, 11) is 0. The molecule has 1 atom stereocenters. The maximum atomic E-state index is 13.0. The van der Waals surface area contributed by atoms with E-state index in [0.717, 1.165) is 16.8 Å². The molecule has 2 aromatic rings. The molecule has 1 unspecified atom stereocenters. The van der Waals surface area contributed by atoms with Crippen molar-refractivity contribution in [1.29, 1.82) is 0 Å². The highest BCUT2D eigenvalue weighted by molar-refractivity contribution is 6.30. The van der Waals surface area contributed by atoms with Gasteiger partial charge < -0.3 is 10.2 Å². The lowest BCUT2D eigenvalue weighted by molar-refractivity contribution is -0.135. The number of para-hydroxylation sites is 1. The zero-order valence-corrected chi connectivity index (χ0v) is 14.2. The van der Waals surface area contributed by atoms with Gasteiger partial charge in [0.25, 0.3) is 0 Å². The number of nitrogens with one attached hydrogen (secondary N) is 1. The Hall–Kier alpha value is -2.33. The van der Waals surface area contributed by atoms with Crippen LogP contribution in [0.3, 0.4) is 0 Å². The van der Waals surface area contributed by atoms with E-state index < -0.39 is 5.92 Å². The smallest absolute Gasteiger partial charge is 0.231 e. The number of carbonyl (C=O) groups excluding carboxylic acids is 2. The lowest BCUT2D eigenvalue weighted by Crippen LogP contribution is -2.38. The number of benzene rings is 2. The van der Waals surface area contributed by atoms with Crippen molar-refractivity contribution in [2.24, 2.45) is 0 Å². The van der Waals surface area contributed by atoms with Crippen LogP contribution in [0.2, 0.25) is 5.02 Å². The predicted octanol–water partition coefficient (Wildman–Crippen LogP) is 3.81. The third-order valence-electron chi connectivity index (χ3n) is 4.25. The zero-order chi connectivity index (χ0) is 17.1. The third-order valence-corrected chi connectivity index (χ3v) is 4.49. The van der Waals surface area contributed by atoms with Crippen LogP contribution in [0.25, 0.3) is 0 Å². The number of likely N-dealkylation sites (N-methyl/N-ethyl adjacent to an activating group) is 1. The summed E-state index contributed by atoms with van der Waals surface area (Å²) in [4.78, 5) is 26.8. The van der Waals surface area contributed by atoms with E-state index in [9.17, 15) is 9.59 Å². The van der Waals surface area contributed by atoms with Gasteiger partial charge >= 0.3 is 0 Å². The Labute approximate surface area is 146 Å². The minimum absolute atomic E-state index is 0.0280. The normalized spacial score (nSPS) is 16.2. The molecule has 0 spiro atoms. The molecule has 1 N–H and O–H groups in total. The van der Waals surface area contributed by atoms with Crippen molar-refractivity contribution >= 4 is 29.1 Å². The van der Waals surface area contributed by atoms with E-state index in [1.807, 2.05) is 55.5 Å². The highest BCUT2D eigenvalue weighted by Gasteiger charge is 2.32. The van der Waals surface area contributed by atoms with Crippen LogP contribution in [0.4, 0.5) is 5.69 Å². The Balaban J connectivity index is 1.85. The number of anilines is 1. The van der Waals surface area contributed by atoms with E-state index in [2.05, 4.69) is 5.32 Å².